The van der Waals surface area contributed by atoms with Crippen molar-refractivity contribution in [2.45, 2.75) is 32.8 Å². The highest BCUT2D eigenvalue weighted by Crippen LogP contribution is 2.29. The second kappa shape index (κ2) is 13.7. The number of ether oxygens (including phenoxy) is 1. The van der Waals surface area contributed by atoms with E-state index in [1.165, 1.54) is 0 Å². The fourth-order valence-corrected chi connectivity index (χ4v) is 5.24. The van der Waals surface area contributed by atoms with Crippen LogP contribution in [0.25, 0.3) is 11.1 Å². The highest BCUT2D eigenvalue weighted by atomic mass is 16.5. The third kappa shape index (κ3) is 7.62. The summed E-state index contributed by atoms with van der Waals surface area (Å²) in [4.78, 5) is 46.7. The van der Waals surface area contributed by atoms with Gasteiger partial charge < -0.3 is 20.1 Å². The number of carboxylic acids is 1. The third-order valence-electron chi connectivity index (χ3n) is 7.55. The molecular formula is C34H34N4O5. The number of hydrogen-bond acceptors (Lipinski definition) is 7. The Labute approximate surface area is 252 Å². The maximum atomic E-state index is 13.0. The first-order valence-electron chi connectivity index (χ1n) is 14.8. The maximum Gasteiger partial charge on any atom is 0.322 e. The predicted molar refractivity (Wildman–Crippen MR) is 163 cm³/mol. The zero-order valence-electron chi connectivity index (χ0n) is 24.9. The normalized spacial score (nSPS) is 14.4. The summed E-state index contributed by atoms with van der Waals surface area (Å²) in [5, 5.41) is 11.3. The number of carbonyl (C=O) groups is 3. The van der Waals surface area contributed by atoms with E-state index in [2.05, 4.69) is 44.5 Å². The first-order chi connectivity index (χ1) is 21.3. The van der Waals surface area contributed by atoms with E-state index in [9.17, 15) is 14.4 Å². The van der Waals surface area contributed by atoms with Crippen LogP contribution in [0, 0.1) is 12.8 Å². The molecule has 1 atom stereocenters. The maximum absolute atomic E-state index is 13.0. The summed E-state index contributed by atoms with van der Waals surface area (Å²) >= 11 is 0. The summed E-state index contributed by atoms with van der Waals surface area (Å²) in [6, 6.07) is 25.4. The zero-order valence-corrected chi connectivity index (χ0v) is 23.9. The second-order valence-corrected chi connectivity index (χ2v) is 10.6. The average molecular weight is 580 g/mol. The van der Waals surface area contributed by atoms with Gasteiger partial charge in [0.2, 0.25) is 0 Å². The van der Waals surface area contributed by atoms with Crippen LogP contribution in [0.5, 0.6) is 5.75 Å². The zero-order chi connectivity index (χ0) is 31.1. The van der Waals surface area contributed by atoms with Gasteiger partial charge in [0.1, 0.15) is 25.2 Å². The lowest BCUT2D eigenvalue weighted by Crippen LogP contribution is -2.34. The molecule has 1 amide bonds. The molecule has 0 aliphatic carbocycles. The van der Waals surface area contributed by atoms with Gasteiger partial charge in [-0.2, -0.15) is 0 Å². The summed E-state index contributed by atoms with van der Waals surface area (Å²) < 4.78 is 13.6. The number of nitrogens with one attached hydrogen (secondary N) is 1. The summed E-state index contributed by atoms with van der Waals surface area (Å²) in [6.07, 6.45) is 3.23. The molecule has 9 heteroatoms. The first kappa shape index (κ1) is 28.1. The Morgan fingerprint density at radius 2 is 1.65 bits per heavy atom. The van der Waals surface area contributed by atoms with E-state index in [0.29, 0.717) is 29.4 Å². The molecule has 1 aliphatic rings. The minimum atomic E-state index is -1.83. The SMILES string of the molecule is [2H]C(NC(=O)c1nc(CC2CCN(c3ccc(-c4ccc(C=O)cc4)cc3)CC2)nc(C)c1OCc1ccccc1)C(=O)O. The van der Waals surface area contributed by atoms with Crippen molar-refractivity contribution < 1.29 is 25.6 Å². The van der Waals surface area contributed by atoms with Gasteiger partial charge in [-0.15, -0.1) is 0 Å². The first-order valence-corrected chi connectivity index (χ1v) is 14.2. The number of nitrogens with zero attached hydrogens (tertiary/aromatic N) is 3. The molecule has 0 radical (unpaired) electrons. The fourth-order valence-electron chi connectivity index (χ4n) is 5.24. The van der Waals surface area contributed by atoms with Crippen molar-refractivity contribution in [3.05, 3.63) is 107 Å². The van der Waals surface area contributed by atoms with Crippen molar-refractivity contribution in [1.29, 1.82) is 0 Å². The van der Waals surface area contributed by atoms with E-state index >= 15 is 0 Å². The van der Waals surface area contributed by atoms with Crippen LogP contribution in [0.3, 0.4) is 0 Å². The summed E-state index contributed by atoms with van der Waals surface area (Å²) in [6.45, 7) is 1.81. The Bertz CT molecular complexity index is 1610. The molecule has 0 spiro atoms. The average Bonchev–Trinajstić information content (AvgIpc) is 3.05. The molecule has 2 N–H and O–H groups in total. The van der Waals surface area contributed by atoms with Gasteiger partial charge in [-0.3, -0.25) is 14.4 Å². The van der Waals surface area contributed by atoms with Gasteiger partial charge in [0.05, 0.1) is 7.06 Å². The second-order valence-electron chi connectivity index (χ2n) is 10.6. The number of aldehydes is 1. The Balaban J connectivity index is 1.25. The molecule has 5 rings (SSSR count). The molecule has 1 saturated heterocycles. The van der Waals surface area contributed by atoms with Crippen LogP contribution in [-0.2, 0) is 17.8 Å². The molecule has 2 heterocycles. The smallest absolute Gasteiger partial charge is 0.322 e. The fraction of sp³-hybridized carbons (Fsp3) is 0.265. The van der Waals surface area contributed by atoms with Crippen molar-refractivity contribution in [1.82, 2.24) is 15.3 Å². The van der Waals surface area contributed by atoms with Gasteiger partial charge in [0.25, 0.3) is 5.91 Å². The Morgan fingerprint density at radius 3 is 2.28 bits per heavy atom. The monoisotopic (exact) mass is 579 g/mol. The van der Waals surface area contributed by atoms with Gasteiger partial charge in [-0.05, 0) is 54.5 Å². The van der Waals surface area contributed by atoms with Crippen LogP contribution in [0.4, 0.5) is 5.69 Å². The number of anilines is 1. The van der Waals surface area contributed by atoms with Crippen LogP contribution < -0.4 is 15.0 Å². The topological polar surface area (TPSA) is 122 Å². The molecule has 43 heavy (non-hydrogen) atoms. The van der Waals surface area contributed by atoms with Gasteiger partial charge in [-0.1, -0.05) is 66.7 Å². The molecule has 1 aliphatic heterocycles. The summed E-state index contributed by atoms with van der Waals surface area (Å²) in [7, 11) is 0. The number of carbonyl (C=O) groups excluding carboxylic acids is 2. The summed E-state index contributed by atoms with van der Waals surface area (Å²) in [5.41, 5.74) is 5.24. The van der Waals surface area contributed by atoms with Crippen LogP contribution in [0.1, 0.15) is 52.1 Å². The lowest BCUT2D eigenvalue weighted by Gasteiger charge is -2.33. The van der Waals surface area contributed by atoms with Gasteiger partial charge in [0, 0.05) is 30.8 Å². The lowest BCUT2D eigenvalue weighted by atomic mass is 9.92. The molecule has 1 unspecified atom stereocenters. The quantitative estimate of drug-likeness (QED) is 0.235. The van der Waals surface area contributed by atoms with Crippen LogP contribution in [0.15, 0.2) is 78.9 Å². The van der Waals surface area contributed by atoms with Crippen molar-refractivity contribution >= 4 is 23.9 Å². The van der Waals surface area contributed by atoms with E-state index in [4.69, 9.17) is 11.2 Å². The van der Waals surface area contributed by atoms with Crippen molar-refractivity contribution in [2.24, 2.45) is 5.92 Å². The molecule has 9 nitrogen and oxygen atoms in total. The van der Waals surface area contributed by atoms with Crippen molar-refractivity contribution in [3.8, 4) is 16.9 Å². The van der Waals surface area contributed by atoms with Crippen LogP contribution >= 0.6 is 0 Å². The van der Waals surface area contributed by atoms with E-state index in [0.717, 1.165) is 54.6 Å². The number of aromatic nitrogens is 2. The standard InChI is InChI=1S/C34H34N4O5/c1-23-33(43-22-26-5-3-2-4-6-26)32(34(42)35-20-31(40)41)37-30(36-23)19-24-15-17-38(18-16-24)29-13-11-28(12-14-29)27-9-7-25(21-39)8-10-27/h2-14,21,24H,15-20,22H2,1H3,(H,35,42)(H,40,41)/i20D. The Morgan fingerprint density at radius 1 is 1.00 bits per heavy atom. The molecule has 1 aromatic heterocycles. The van der Waals surface area contributed by atoms with Crippen LogP contribution in [0.2, 0.25) is 0 Å². The number of piperidine rings is 1. The number of hydrogen-bond donors (Lipinski definition) is 2. The third-order valence-corrected chi connectivity index (χ3v) is 7.55. The van der Waals surface area contributed by atoms with Gasteiger partial charge >= 0.3 is 5.97 Å². The van der Waals surface area contributed by atoms with Gasteiger partial charge in [0.15, 0.2) is 11.4 Å². The molecule has 4 aromatic rings. The highest BCUT2D eigenvalue weighted by molar-refractivity contribution is 5.96. The van der Waals surface area contributed by atoms with Crippen molar-refractivity contribution in [3.63, 3.8) is 0 Å². The molecular weight excluding hydrogens is 544 g/mol. The number of carboxylic acid groups (broad SMARTS) is 1. The minimum absolute atomic E-state index is 0.0692. The molecule has 3 aromatic carbocycles. The minimum Gasteiger partial charge on any atom is -0.485 e. The largest absolute Gasteiger partial charge is 0.485 e. The predicted octanol–water partition coefficient (Wildman–Crippen LogP) is 5.12. The number of aliphatic carboxylic acids is 1. The number of rotatable bonds is 11. The molecule has 1 fully saturated rings. The Hall–Kier alpha value is -5.05. The highest BCUT2D eigenvalue weighted by Gasteiger charge is 2.24. The van der Waals surface area contributed by atoms with E-state index in [-0.39, 0.29) is 18.1 Å². The van der Waals surface area contributed by atoms with Crippen molar-refractivity contribution in [2.75, 3.05) is 24.5 Å². The number of aryl methyl sites for hydroxylation is 1. The van der Waals surface area contributed by atoms with Crippen LogP contribution in [-0.4, -0.2) is 52.8 Å². The van der Waals surface area contributed by atoms with E-state index in [1.807, 2.05) is 54.6 Å². The van der Waals surface area contributed by atoms with E-state index in [1.54, 1.807) is 6.92 Å². The molecule has 0 saturated carbocycles. The van der Waals surface area contributed by atoms with E-state index < -0.39 is 18.4 Å². The number of benzene rings is 3. The van der Waals surface area contributed by atoms with Gasteiger partial charge in [-0.25, -0.2) is 9.97 Å². The number of amides is 1. The molecule has 0 bridgehead atoms. The lowest BCUT2D eigenvalue weighted by molar-refractivity contribution is -0.135. The molecule has 220 valence electrons. The Kier molecular flexibility index (Phi) is 8.98. The summed E-state index contributed by atoms with van der Waals surface area (Å²) in [5.74, 6) is -1.30.